The number of carbonyl (C=O) groups is 3. The topological polar surface area (TPSA) is 95.5 Å². The van der Waals surface area contributed by atoms with Crippen LogP contribution in [-0.4, -0.2) is 28.1 Å². The number of hydrogen-bond donors (Lipinski definition) is 3. The van der Waals surface area contributed by atoms with E-state index in [1.807, 2.05) is 19.9 Å². The molecule has 0 bridgehead atoms. The Morgan fingerprint density at radius 3 is 2.08 bits per heavy atom. The molecule has 0 heterocycles. The average molecular weight is 621 g/mol. The summed E-state index contributed by atoms with van der Waals surface area (Å²) in [5.41, 5.74) is 0.842. The molecule has 6 nitrogen and oxygen atoms in total. The summed E-state index contributed by atoms with van der Waals surface area (Å²) in [6.07, 6.45) is 0.534. The molecule has 0 aromatic heterocycles. The van der Waals surface area contributed by atoms with Crippen LogP contribution in [0.1, 0.15) is 39.6 Å². The molecule has 1 unspecified atom stereocenters. The van der Waals surface area contributed by atoms with Crippen molar-refractivity contribution in [3.8, 4) is 0 Å². The van der Waals surface area contributed by atoms with Gasteiger partial charge in [0.15, 0.2) is 0 Å². The predicted octanol–water partition coefficient (Wildman–Crippen LogP) is 8.72. The van der Waals surface area contributed by atoms with Crippen LogP contribution in [0.5, 0.6) is 0 Å². The van der Waals surface area contributed by atoms with Gasteiger partial charge >= 0.3 is 5.97 Å². The Morgan fingerprint density at radius 1 is 0.865 bits per heavy atom. The van der Waals surface area contributed by atoms with Crippen molar-refractivity contribution in [3.63, 3.8) is 0 Å². The van der Waals surface area contributed by atoms with Gasteiger partial charge in [-0.15, -0.1) is 11.8 Å². The molecule has 0 aliphatic rings. The molecule has 3 aromatic rings. The van der Waals surface area contributed by atoms with Gasteiger partial charge in [0.05, 0.1) is 36.5 Å². The van der Waals surface area contributed by atoms with E-state index >= 15 is 0 Å². The quantitative estimate of drug-likeness (QED) is 0.133. The maximum atomic E-state index is 13.0. The van der Waals surface area contributed by atoms with Gasteiger partial charge in [0.2, 0.25) is 5.91 Å². The van der Waals surface area contributed by atoms with Crippen molar-refractivity contribution in [1.82, 2.24) is 0 Å². The lowest BCUT2D eigenvalue weighted by Gasteiger charge is -2.16. The Kier molecular flexibility index (Phi) is 10.0. The molecule has 0 aliphatic carbocycles. The number of aromatic carboxylic acids is 1. The fourth-order valence-electron chi connectivity index (χ4n) is 3.27. The molecule has 0 fully saturated rings. The van der Waals surface area contributed by atoms with Crippen molar-refractivity contribution in [3.05, 3.63) is 84.3 Å². The van der Waals surface area contributed by atoms with Crippen molar-refractivity contribution in [2.24, 2.45) is 0 Å². The average Bonchev–Trinajstić information content (AvgIpc) is 2.85. The van der Waals surface area contributed by atoms with Crippen LogP contribution in [0.4, 0.5) is 11.4 Å². The molecular formula is C25H19Cl5N2O4S. The van der Waals surface area contributed by atoms with E-state index in [9.17, 15) is 19.5 Å². The summed E-state index contributed by atoms with van der Waals surface area (Å²) >= 11 is 31.7. The molecule has 3 rings (SSSR count). The summed E-state index contributed by atoms with van der Waals surface area (Å²) in [6.45, 7) is 3.76. The van der Waals surface area contributed by atoms with Crippen molar-refractivity contribution >= 4 is 98.9 Å². The first kappa shape index (κ1) is 29.4. The monoisotopic (exact) mass is 618 g/mol. The summed E-state index contributed by atoms with van der Waals surface area (Å²) in [6, 6.07) is 12.0. The van der Waals surface area contributed by atoms with Crippen molar-refractivity contribution < 1.29 is 19.5 Å². The van der Waals surface area contributed by atoms with E-state index < -0.39 is 33.3 Å². The molecule has 0 aliphatic heterocycles. The van der Waals surface area contributed by atoms with Gasteiger partial charge in [-0.2, -0.15) is 0 Å². The minimum atomic E-state index is -1.49. The molecule has 37 heavy (non-hydrogen) atoms. The number of halogens is 5. The van der Waals surface area contributed by atoms with Crippen molar-refractivity contribution in [2.45, 2.75) is 30.4 Å². The highest BCUT2D eigenvalue weighted by molar-refractivity contribution is 8.00. The van der Waals surface area contributed by atoms with Gasteiger partial charge in [0.1, 0.15) is 0 Å². The molecule has 194 valence electrons. The number of thioether (sulfide) groups is 1. The predicted molar refractivity (Wildman–Crippen MR) is 153 cm³/mol. The molecular weight excluding hydrogens is 602 g/mol. The van der Waals surface area contributed by atoms with Gasteiger partial charge in [0.25, 0.3) is 5.91 Å². The third-order valence-electron chi connectivity index (χ3n) is 5.18. The van der Waals surface area contributed by atoms with E-state index in [1.165, 1.54) is 11.8 Å². The lowest BCUT2D eigenvalue weighted by atomic mass is 10.1. The van der Waals surface area contributed by atoms with Crippen molar-refractivity contribution in [1.29, 1.82) is 0 Å². The minimum Gasteiger partial charge on any atom is -0.478 e. The molecule has 1 atom stereocenters. The first-order valence-corrected chi connectivity index (χ1v) is 13.5. The summed E-state index contributed by atoms with van der Waals surface area (Å²) in [7, 11) is 0. The van der Waals surface area contributed by atoms with Crippen LogP contribution >= 0.6 is 69.8 Å². The zero-order valence-electron chi connectivity index (χ0n) is 19.3. The SMILES string of the molecule is CCC(Sc1cccc(NC(=O)c2c(Cl)c(Cl)c(Cl)c(Cl)c2C(=O)O)c1)C(=O)Nc1ccc(C)c(Cl)c1. The number of carbonyl (C=O) groups excluding carboxylic acids is 2. The highest BCUT2D eigenvalue weighted by atomic mass is 35.5. The highest BCUT2D eigenvalue weighted by Gasteiger charge is 2.29. The van der Waals surface area contributed by atoms with E-state index in [4.69, 9.17) is 58.0 Å². The number of carboxylic acid groups (broad SMARTS) is 1. The standard InChI is InChI=1S/C25H19Cl5N2O4S/c1-3-16(23(33)31-13-8-7-11(2)15(26)10-13)37-14-6-4-5-12(9-14)32-24(34)17-18(25(35)36)20(28)22(30)21(29)19(17)27/h4-10,16H,3H2,1-2H3,(H,31,33)(H,32,34)(H,35,36). The normalized spacial score (nSPS) is 11.6. The zero-order chi connectivity index (χ0) is 27.4. The van der Waals surface area contributed by atoms with Crippen LogP contribution < -0.4 is 10.6 Å². The molecule has 12 heteroatoms. The molecule has 0 radical (unpaired) electrons. The second-order valence-electron chi connectivity index (χ2n) is 7.76. The third kappa shape index (κ3) is 6.85. The van der Waals surface area contributed by atoms with E-state index in [0.29, 0.717) is 27.7 Å². The molecule has 0 spiro atoms. The number of anilines is 2. The van der Waals surface area contributed by atoms with Gasteiger partial charge in [-0.1, -0.05) is 77.1 Å². The van der Waals surface area contributed by atoms with Crippen LogP contribution in [0.3, 0.4) is 0 Å². The van der Waals surface area contributed by atoms with Crippen molar-refractivity contribution in [2.75, 3.05) is 10.6 Å². The van der Waals surface area contributed by atoms with E-state index in [-0.39, 0.29) is 21.0 Å². The Balaban J connectivity index is 1.81. The van der Waals surface area contributed by atoms with Gasteiger partial charge < -0.3 is 15.7 Å². The van der Waals surface area contributed by atoms with E-state index in [2.05, 4.69) is 10.6 Å². The second-order valence-corrected chi connectivity index (χ2v) is 11.0. The summed E-state index contributed by atoms with van der Waals surface area (Å²) in [4.78, 5) is 38.4. The first-order valence-electron chi connectivity index (χ1n) is 10.7. The number of carboxylic acids is 1. The fraction of sp³-hybridized carbons (Fsp3) is 0.160. The van der Waals surface area contributed by atoms with Crippen LogP contribution in [0, 0.1) is 6.92 Å². The largest absolute Gasteiger partial charge is 0.478 e. The van der Waals surface area contributed by atoms with Crippen LogP contribution in [0.2, 0.25) is 25.1 Å². The molecule has 0 saturated heterocycles. The Hall–Kier alpha value is -2.13. The van der Waals surface area contributed by atoms with Crippen LogP contribution in [0.15, 0.2) is 47.4 Å². The number of benzene rings is 3. The Bertz CT molecular complexity index is 1400. The zero-order valence-corrected chi connectivity index (χ0v) is 23.9. The summed E-state index contributed by atoms with van der Waals surface area (Å²) < 4.78 is 0. The highest BCUT2D eigenvalue weighted by Crippen LogP contribution is 2.42. The minimum absolute atomic E-state index is 0.204. The molecule has 3 N–H and O–H groups in total. The lowest BCUT2D eigenvalue weighted by Crippen LogP contribution is -2.24. The first-order chi connectivity index (χ1) is 17.4. The summed E-state index contributed by atoms with van der Waals surface area (Å²) in [5, 5.41) is 13.9. The molecule has 3 aromatic carbocycles. The maximum absolute atomic E-state index is 13.0. The van der Waals surface area contributed by atoms with E-state index in [0.717, 1.165) is 5.56 Å². The van der Waals surface area contributed by atoms with E-state index in [1.54, 1.807) is 36.4 Å². The maximum Gasteiger partial charge on any atom is 0.338 e. The smallest absolute Gasteiger partial charge is 0.338 e. The Labute approximate surface area is 242 Å². The second kappa shape index (κ2) is 12.6. The number of hydrogen-bond acceptors (Lipinski definition) is 4. The Morgan fingerprint density at radius 2 is 1.49 bits per heavy atom. The van der Waals surface area contributed by atoms with Crippen LogP contribution in [-0.2, 0) is 4.79 Å². The number of amides is 2. The molecule has 0 saturated carbocycles. The number of nitrogens with one attached hydrogen (secondary N) is 2. The lowest BCUT2D eigenvalue weighted by molar-refractivity contribution is -0.115. The van der Waals surface area contributed by atoms with Gasteiger partial charge in [-0.25, -0.2) is 4.79 Å². The van der Waals surface area contributed by atoms with Gasteiger partial charge in [-0.3, -0.25) is 9.59 Å². The van der Waals surface area contributed by atoms with Crippen LogP contribution in [0.25, 0.3) is 0 Å². The fourth-order valence-corrected chi connectivity index (χ4v) is 5.48. The third-order valence-corrected chi connectivity index (χ3v) is 8.75. The van der Waals surface area contributed by atoms with Gasteiger partial charge in [-0.05, 0) is 49.2 Å². The summed E-state index contributed by atoms with van der Waals surface area (Å²) in [5.74, 6) is -2.54. The number of rotatable bonds is 8. The molecule has 2 amide bonds. The number of aryl methyl sites for hydroxylation is 1. The van der Waals surface area contributed by atoms with Gasteiger partial charge in [0, 0.05) is 21.3 Å².